The Morgan fingerprint density at radius 3 is 2.08 bits per heavy atom. The van der Waals surface area contributed by atoms with Gasteiger partial charge < -0.3 is 4.42 Å². The largest absolute Gasteiger partial charge is 0.456 e. The normalized spacial score (nSPS) is 15.6. The predicted octanol–water partition coefficient (Wildman–Crippen LogP) is 14.2. The van der Waals surface area contributed by atoms with Gasteiger partial charge in [0.1, 0.15) is 11.2 Å². The van der Waals surface area contributed by atoms with Gasteiger partial charge in [0.15, 0.2) is 0 Å². The fourth-order valence-electron chi connectivity index (χ4n) is 9.13. The molecule has 0 aliphatic heterocycles. The van der Waals surface area contributed by atoms with Crippen LogP contribution >= 0.6 is 0 Å². The third-order valence-electron chi connectivity index (χ3n) is 11.7. The van der Waals surface area contributed by atoms with Crippen molar-refractivity contribution in [3.05, 3.63) is 167 Å². The van der Waals surface area contributed by atoms with Crippen LogP contribution in [0.15, 0.2) is 155 Å². The van der Waals surface area contributed by atoms with E-state index in [4.69, 9.17) is 4.42 Å². The minimum Gasteiger partial charge on any atom is -0.456 e. The molecule has 3 aliphatic carbocycles. The summed E-state index contributed by atoms with van der Waals surface area (Å²) in [4.78, 5) is 0. The molecule has 0 unspecified atom stereocenters. The molecule has 1 heterocycles. The molecule has 0 N–H and O–H groups in total. The van der Waals surface area contributed by atoms with E-state index in [1.54, 1.807) is 5.57 Å². The molecule has 0 saturated carbocycles. The molecule has 0 bridgehead atoms. The molecule has 0 fully saturated rings. The SMILES string of the molecule is C1=CC2=C(CC1)CCC(c1ccc3c(-c4ccc5oc6cc7c(cc6c5c4)C=CCC7)c4ccccc4c(-c4ccc5ccccc5c4)c3c1)=C2. The minimum absolute atomic E-state index is 0.943. The van der Waals surface area contributed by atoms with Gasteiger partial charge in [0, 0.05) is 10.8 Å². The lowest BCUT2D eigenvalue weighted by Gasteiger charge is -2.23. The van der Waals surface area contributed by atoms with E-state index in [9.17, 15) is 0 Å². The van der Waals surface area contributed by atoms with Crippen LogP contribution in [0.25, 0.3) is 88.2 Å². The highest BCUT2D eigenvalue weighted by atomic mass is 16.3. The zero-order valence-electron chi connectivity index (χ0n) is 28.5. The first-order chi connectivity index (χ1) is 25.2. The Labute approximate surface area is 297 Å². The van der Waals surface area contributed by atoms with Crippen molar-refractivity contribution in [2.45, 2.75) is 38.5 Å². The fraction of sp³-hybridized carbons (Fsp3) is 0.120. The average Bonchev–Trinajstić information content (AvgIpc) is 3.55. The van der Waals surface area contributed by atoms with Crippen molar-refractivity contribution in [1.29, 1.82) is 0 Å². The summed E-state index contributed by atoms with van der Waals surface area (Å²) in [6.45, 7) is 0. The van der Waals surface area contributed by atoms with E-state index in [0.29, 0.717) is 0 Å². The number of aryl methyl sites for hydroxylation is 1. The highest BCUT2D eigenvalue weighted by molar-refractivity contribution is 6.23. The average molecular weight is 653 g/mol. The molecule has 0 saturated heterocycles. The fourth-order valence-corrected chi connectivity index (χ4v) is 9.13. The Morgan fingerprint density at radius 2 is 1.16 bits per heavy atom. The van der Waals surface area contributed by atoms with E-state index in [-0.39, 0.29) is 0 Å². The van der Waals surface area contributed by atoms with Crippen LogP contribution in [0.1, 0.15) is 48.8 Å². The second-order valence-corrected chi connectivity index (χ2v) is 14.6. The second-order valence-electron chi connectivity index (χ2n) is 14.6. The Kier molecular flexibility index (Phi) is 6.40. The summed E-state index contributed by atoms with van der Waals surface area (Å²) in [5.41, 5.74) is 15.5. The van der Waals surface area contributed by atoms with Gasteiger partial charge in [0.25, 0.3) is 0 Å². The van der Waals surface area contributed by atoms with Gasteiger partial charge in [-0.25, -0.2) is 0 Å². The van der Waals surface area contributed by atoms with Gasteiger partial charge >= 0.3 is 0 Å². The molecule has 0 radical (unpaired) electrons. The molecule has 1 heteroatoms. The maximum absolute atomic E-state index is 6.48. The monoisotopic (exact) mass is 652 g/mol. The van der Waals surface area contributed by atoms with Crippen LogP contribution in [0, 0.1) is 0 Å². The third-order valence-corrected chi connectivity index (χ3v) is 11.7. The number of fused-ring (bicyclic) bond motifs is 7. The second kappa shape index (κ2) is 11.3. The molecule has 11 rings (SSSR count). The first-order valence-corrected chi connectivity index (χ1v) is 18.5. The standard InChI is InChI=1S/C50H36O/c1-3-11-33-25-37(19-17-31(33)9-1)38-21-23-43-46(28-38)50(39-20-18-32-10-2-4-12-34(32)26-39)42-16-8-7-15-41(42)49(43)40-22-24-47-44(29-40)45-27-35-13-5-6-14-36(35)30-48(45)51-47/h2-5,7-8,10-13,15-16,18,20-30H,1,6,9,14,17,19H2. The molecule has 51 heavy (non-hydrogen) atoms. The van der Waals surface area contributed by atoms with E-state index < -0.39 is 0 Å². The van der Waals surface area contributed by atoms with E-state index in [2.05, 4.69) is 146 Å². The summed E-state index contributed by atoms with van der Waals surface area (Å²) in [5.74, 6) is 0. The number of benzene rings is 7. The molecule has 1 nitrogen and oxygen atoms in total. The molecule has 3 aliphatic rings. The van der Waals surface area contributed by atoms with Crippen LogP contribution in [0.2, 0.25) is 0 Å². The number of hydrogen-bond donors (Lipinski definition) is 0. The number of hydrogen-bond acceptors (Lipinski definition) is 1. The quantitative estimate of drug-likeness (QED) is 0.173. The zero-order chi connectivity index (χ0) is 33.5. The van der Waals surface area contributed by atoms with Gasteiger partial charge in [0.05, 0.1) is 0 Å². The van der Waals surface area contributed by atoms with E-state index in [1.807, 2.05) is 0 Å². The highest BCUT2D eigenvalue weighted by Gasteiger charge is 2.21. The van der Waals surface area contributed by atoms with Gasteiger partial charge in [-0.15, -0.1) is 0 Å². The van der Waals surface area contributed by atoms with Crippen LogP contribution in [0.4, 0.5) is 0 Å². The predicted molar refractivity (Wildman–Crippen MR) is 217 cm³/mol. The Morgan fingerprint density at radius 1 is 0.451 bits per heavy atom. The van der Waals surface area contributed by atoms with Gasteiger partial charge in [-0.05, 0) is 157 Å². The zero-order valence-corrected chi connectivity index (χ0v) is 28.5. The van der Waals surface area contributed by atoms with E-state index in [0.717, 1.165) is 36.8 Å². The maximum atomic E-state index is 6.48. The summed E-state index contributed by atoms with van der Waals surface area (Å²) >= 11 is 0. The summed E-state index contributed by atoms with van der Waals surface area (Å²) in [6, 6.07) is 43.4. The molecular formula is C50H36O. The Hall–Kier alpha value is -5.92. The van der Waals surface area contributed by atoms with Gasteiger partial charge in [-0.3, -0.25) is 0 Å². The Balaban J connectivity index is 1.20. The summed E-state index contributed by atoms with van der Waals surface area (Å²) in [6.07, 6.45) is 18.5. The molecule has 7 aromatic carbocycles. The van der Waals surface area contributed by atoms with Crippen molar-refractivity contribution >= 4 is 65.9 Å². The third kappa shape index (κ3) is 4.61. The van der Waals surface area contributed by atoms with Crippen molar-refractivity contribution in [2.24, 2.45) is 0 Å². The lowest BCUT2D eigenvalue weighted by molar-refractivity contribution is 0.668. The lowest BCUT2D eigenvalue weighted by atomic mass is 9.82. The van der Waals surface area contributed by atoms with Crippen molar-refractivity contribution in [3.63, 3.8) is 0 Å². The van der Waals surface area contributed by atoms with Gasteiger partial charge in [-0.2, -0.15) is 0 Å². The van der Waals surface area contributed by atoms with Crippen molar-refractivity contribution in [1.82, 2.24) is 0 Å². The summed E-state index contributed by atoms with van der Waals surface area (Å²) in [7, 11) is 0. The number of allylic oxidation sites excluding steroid dienone is 7. The molecule has 8 aromatic rings. The molecule has 0 amide bonds. The molecule has 0 spiro atoms. The van der Waals surface area contributed by atoms with E-state index >= 15 is 0 Å². The number of furan rings is 1. The van der Waals surface area contributed by atoms with E-state index in [1.165, 1.54) is 106 Å². The first kappa shape index (κ1) is 28.9. The van der Waals surface area contributed by atoms with Gasteiger partial charge in [-0.1, -0.05) is 115 Å². The summed E-state index contributed by atoms with van der Waals surface area (Å²) < 4.78 is 6.48. The van der Waals surface area contributed by atoms with Gasteiger partial charge in [0.2, 0.25) is 0 Å². The molecule has 242 valence electrons. The van der Waals surface area contributed by atoms with Crippen LogP contribution in [0.5, 0.6) is 0 Å². The smallest absolute Gasteiger partial charge is 0.135 e. The van der Waals surface area contributed by atoms with Crippen molar-refractivity contribution in [2.75, 3.05) is 0 Å². The lowest BCUT2D eigenvalue weighted by Crippen LogP contribution is -2.01. The number of rotatable bonds is 3. The summed E-state index contributed by atoms with van der Waals surface area (Å²) in [5, 5.41) is 10.0. The van der Waals surface area contributed by atoms with Crippen LogP contribution in [-0.4, -0.2) is 0 Å². The molecule has 0 atom stereocenters. The van der Waals surface area contributed by atoms with Crippen LogP contribution < -0.4 is 0 Å². The molecule has 1 aromatic heterocycles. The van der Waals surface area contributed by atoms with Crippen molar-refractivity contribution in [3.8, 4) is 22.3 Å². The van der Waals surface area contributed by atoms with Crippen molar-refractivity contribution < 1.29 is 4.42 Å². The first-order valence-electron chi connectivity index (χ1n) is 18.5. The van der Waals surface area contributed by atoms with Crippen LogP contribution in [0.3, 0.4) is 0 Å². The minimum atomic E-state index is 0.943. The van der Waals surface area contributed by atoms with Crippen LogP contribution in [-0.2, 0) is 6.42 Å². The maximum Gasteiger partial charge on any atom is 0.135 e. The highest BCUT2D eigenvalue weighted by Crippen LogP contribution is 2.47. The molecular weight excluding hydrogens is 617 g/mol. The Bertz CT molecular complexity index is 2900. The topological polar surface area (TPSA) is 13.1 Å².